The Morgan fingerprint density at radius 2 is 2.24 bits per heavy atom. The van der Waals surface area contributed by atoms with E-state index < -0.39 is 0 Å². The lowest BCUT2D eigenvalue weighted by molar-refractivity contribution is 0.416. The molecule has 4 heteroatoms. The maximum absolute atomic E-state index is 13.7. The minimum atomic E-state index is -0.335. The van der Waals surface area contributed by atoms with Gasteiger partial charge in [0.1, 0.15) is 11.6 Å². The van der Waals surface area contributed by atoms with Crippen LogP contribution in [0.4, 0.5) is 15.8 Å². The molecule has 0 amide bonds. The van der Waals surface area contributed by atoms with Crippen molar-refractivity contribution in [3.8, 4) is 5.75 Å². The van der Waals surface area contributed by atoms with Gasteiger partial charge in [-0.05, 0) is 19.3 Å². The van der Waals surface area contributed by atoms with Crippen LogP contribution in [0.1, 0.15) is 19.3 Å². The average molecular weight is 236 g/mol. The number of nitrogens with two attached hydrogens (primary N) is 1. The fourth-order valence-electron chi connectivity index (χ4n) is 2.00. The molecule has 3 N–H and O–H groups in total. The summed E-state index contributed by atoms with van der Waals surface area (Å²) in [6, 6.07) is 3.19. The van der Waals surface area contributed by atoms with Crippen LogP contribution >= 0.6 is 0 Å². The van der Waals surface area contributed by atoms with Gasteiger partial charge in [-0.3, -0.25) is 0 Å². The minimum Gasteiger partial charge on any atom is -0.495 e. The van der Waals surface area contributed by atoms with Crippen molar-refractivity contribution in [3.63, 3.8) is 0 Å². The third kappa shape index (κ3) is 2.70. The number of nitrogens with one attached hydrogen (secondary N) is 1. The van der Waals surface area contributed by atoms with Gasteiger partial charge in [-0.1, -0.05) is 12.2 Å². The lowest BCUT2D eigenvalue weighted by Gasteiger charge is -2.21. The van der Waals surface area contributed by atoms with Crippen LogP contribution in [0.5, 0.6) is 5.75 Å². The van der Waals surface area contributed by atoms with E-state index in [1.807, 2.05) is 0 Å². The lowest BCUT2D eigenvalue weighted by atomic mass is 10.0. The highest BCUT2D eigenvalue weighted by molar-refractivity contribution is 5.62. The molecule has 0 aliphatic heterocycles. The van der Waals surface area contributed by atoms with Gasteiger partial charge in [0, 0.05) is 18.2 Å². The largest absolute Gasteiger partial charge is 0.495 e. The second kappa shape index (κ2) is 5.08. The molecule has 0 spiro atoms. The van der Waals surface area contributed by atoms with Crippen molar-refractivity contribution < 1.29 is 9.13 Å². The van der Waals surface area contributed by atoms with Gasteiger partial charge in [0.2, 0.25) is 0 Å². The topological polar surface area (TPSA) is 47.3 Å². The quantitative estimate of drug-likeness (QED) is 0.626. The number of hydrogen-bond acceptors (Lipinski definition) is 3. The Morgan fingerprint density at radius 3 is 2.88 bits per heavy atom. The SMILES string of the molecule is COc1cc(NC2CC=CCC2)c(F)cc1N. The summed E-state index contributed by atoms with van der Waals surface area (Å²) < 4.78 is 18.8. The van der Waals surface area contributed by atoms with Gasteiger partial charge < -0.3 is 15.8 Å². The molecule has 0 saturated heterocycles. The van der Waals surface area contributed by atoms with Crippen molar-refractivity contribution >= 4 is 11.4 Å². The number of rotatable bonds is 3. The van der Waals surface area contributed by atoms with Gasteiger partial charge in [0.05, 0.1) is 18.5 Å². The molecule has 0 heterocycles. The highest BCUT2D eigenvalue weighted by Crippen LogP contribution is 2.29. The van der Waals surface area contributed by atoms with E-state index in [1.165, 1.54) is 13.2 Å². The second-order valence-corrected chi connectivity index (χ2v) is 4.20. The Hall–Kier alpha value is -1.71. The molecule has 1 aromatic rings. The monoisotopic (exact) mass is 236 g/mol. The van der Waals surface area contributed by atoms with Crippen molar-refractivity contribution in [2.45, 2.75) is 25.3 Å². The smallest absolute Gasteiger partial charge is 0.148 e. The van der Waals surface area contributed by atoms with Crippen LogP contribution in [0, 0.1) is 5.82 Å². The molecule has 1 aliphatic carbocycles. The predicted molar refractivity (Wildman–Crippen MR) is 67.8 cm³/mol. The molecule has 1 aliphatic rings. The predicted octanol–water partition coefficient (Wildman–Crippen LogP) is 2.94. The summed E-state index contributed by atoms with van der Waals surface area (Å²) in [7, 11) is 1.52. The molecule has 17 heavy (non-hydrogen) atoms. The van der Waals surface area contributed by atoms with E-state index in [4.69, 9.17) is 10.5 Å². The number of halogens is 1. The first-order valence-electron chi connectivity index (χ1n) is 5.75. The van der Waals surface area contributed by atoms with Gasteiger partial charge >= 0.3 is 0 Å². The molecular formula is C13H17FN2O. The minimum absolute atomic E-state index is 0.280. The summed E-state index contributed by atoms with van der Waals surface area (Å²) in [6.45, 7) is 0. The zero-order valence-corrected chi connectivity index (χ0v) is 9.87. The third-order valence-corrected chi connectivity index (χ3v) is 2.95. The zero-order chi connectivity index (χ0) is 12.3. The van der Waals surface area contributed by atoms with Crippen LogP contribution in [-0.2, 0) is 0 Å². The molecule has 1 aromatic carbocycles. The normalized spacial score (nSPS) is 19.1. The Labute approximate surface area is 100 Å². The van der Waals surface area contributed by atoms with Crippen molar-refractivity contribution in [3.05, 3.63) is 30.1 Å². The molecule has 0 fully saturated rings. The number of anilines is 2. The van der Waals surface area contributed by atoms with Crippen LogP contribution < -0.4 is 15.8 Å². The summed E-state index contributed by atoms with van der Waals surface area (Å²) in [5.41, 5.74) is 6.40. The molecule has 0 bridgehead atoms. The van der Waals surface area contributed by atoms with E-state index in [1.54, 1.807) is 6.07 Å². The fraction of sp³-hybridized carbons (Fsp3) is 0.385. The van der Waals surface area contributed by atoms with Crippen LogP contribution in [-0.4, -0.2) is 13.2 Å². The Kier molecular flexibility index (Phi) is 3.52. The summed E-state index contributed by atoms with van der Waals surface area (Å²) in [6.07, 6.45) is 7.24. The van der Waals surface area contributed by atoms with Crippen LogP contribution in [0.15, 0.2) is 24.3 Å². The maximum atomic E-state index is 13.7. The van der Waals surface area contributed by atoms with E-state index in [0.717, 1.165) is 19.3 Å². The Bertz CT molecular complexity index is 432. The zero-order valence-electron chi connectivity index (χ0n) is 9.87. The van der Waals surface area contributed by atoms with E-state index in [9.17, 15) is 4.39 Å². The highest BCUT2D eigenvalue weighted by Gasteiger charge is 2.14. The lowest BCUT2D eigenvalue weighted by Crippen LogP contribution is -2.21. The average Bonchev–Trinajstić information content (AvgIpc) is 2.34. The summed E-state index contributed by atoms with van der Waals surface area (Å²) in [5.74, 6) is 0.165. The summed E-state index contributed by atoms with van der Waals surface area (Å²) >= 11 is 0. The molecular weight excluding hydrogens is 219 g/mol. The number of allylic oxidation sites excluding steroid dienone is 1. The first kappa shape index (κ1) is 11.8. The summed E-state index contributed by atoms with van der Waals surface area (Å²) in [4.78, 5) is 0. The van der Waals surface area contributed by atoms with E-state index >= 15 is 0 Å². The number of benzene rings is 1. The van der Waals surface area contributed by atoms with Crippen molar-refractivity contribution in [1.29, 1.82) is 0 Å². The number of nitrogen functional groups attached to an aromatic ring is 1. The van der Waals surface area contributed by atoms with Crippen molar-refractivity contribution in [2.75, 3.05) is 18.2 Å². The van der Waals surface area contributed by atoms with E-state index in [-0.39, 0.29) is 11.9 Å². The van der Waals surface area contributed by atoms with E-state index in [0.29, 0.717) is 17.1 Å². The van der Waals surface area contributed by atoms with E-state index in [2.05, 4.69) is 17.5 Å². The second-order valence-electron chi connectivity index (χ2n) is 4.20. The molecule has 3 nitrogen and oxygen atoms in total. The van der Waals surface area contributed by atoms with Crippen LogP contribution in [0.25, 0.3) is 0 Å². The molecule has 2 rings (SSSR count). The molecule has 1 unspecified atom stereocenters. The van der Waals surface area contributed by atoms with Gasteiger partial charge in [0.15, 0.2) is 0 Å². The molecule has 0 aromatic heterocycles. The Morgan fingerprint density at radius 1 is 1.41 bits per heavy atom. The van der Waals surface area contributed by atoms with Crippen LogP contribution in [0.3, 0.4) is 0 Å². The molecule has 92 valence electrons. The van der Waals surface area contributed by atoms with Gasteiger partial charge in [-0.25, -0.2) is 4.39 Å². The number of hydrogen-bond donors (Lipinski definition) is 2. The number of ether oxygens (including phenoxy) is 1. The maximum Gasteiger partial charge on any atom is 0.148 e. The van der Waals surface area contributed by atoms with Crippen molar-refractivity contribution in [2.24, 2.45) is 0 Å². The van der Waals surface area contributed by atoms with Gasteiger partial charge in [0.25, 0.3) is 0 Å². The fourth-order valence-corrected chi connectivity index (χ4v) is 2.00. The van der Waals surface area contributed by atoms with Crippen molar-refractivity contribution in [1.82, 2.24) is 0 Å². The molecule has 1 atom stereocenters. The van der Waals surface area contributed by atoms with Gasteiger partial charge in [-0.2, -0.15) is 0 Å². The third-order valence-electron chi connectivity index (χ3n) is 2.95. The molecule has 0 radical (unpaired) electrons. The number of methoxy groups -OCH3 is 1. The standard InChI is InChI=1S/C13H17FN2O/c1-17-13-8-12(10(14)7-11(13)15)16-9-5-3-2-4-6-9/h2-3,7-9,16H,4-6,15H2,1H3. The Balaban J connectivity index is 2.17. The highest BCUT2D eigenvalue weighted by atomic mass is 19.1. The first-order valence-corrected chi connectivity index (χ1v) is 5.75. The molecule has 0 saturated carbocycles. The first-order chi connectivity index (χ1) is 8.20. The van der Waals surface area contributed by atoms with Gasteiger partial charge in [-0.15, -0.1) is 0 Å². The van der Waals surface area contributed by atoms with Crippen LogP contribution in [0.2, 0.25) is 0 Å². The summed E-state index contributed by atoms with van der Waals surface area (Å²) in [5, 5.41) is 3.19.